The Morgan fingerprint density at radius 3 is 2.55 bits per heavy atom. The van der Waals surface area contributed by atoms with E-state index < -0.39 is 29.1 Å². The van der Waals surface area contributed by atoms with E-state index in [9.17, 15) is 22.8 Å². The Labute approximate surface area is 114 Å². The zero-order valence-corrected chi connectivity index (χ0v) is 10.7. The molecule has 1 aromatic heterocycles. The lowest BCUT2D eigenvalue weighted by atomic mass is 10.0. The average Bonchev–Trinajstić information content (AvgIpc) is 2.69. The maximum Gasteiger partial charge on any atom is 0.417 e. The van der Waals surface area contributed by atoms with E-state index in [1.54, 1.807) is 0 Å². The Bertz CT molecular complexity index is 702. The molecule has 8 heteroatoms. The number of rotatable bonds is 3. The Morgan fingerprint density at radius 1 is 1.30 bits per heavy atom. The molecule has 1 aromatic carbocycles. The van der Waals surface area contributed by atoms with Gasteiger partial charge in [0.05, 0.1) is 11.3 Å². The van der Waals surface area contributed by atoms with Crippen molar-refractivity contribution in [1.82, 2.24) is 4.57 Å². The van der Waals surface area contributed by atoms with Crippen LogP contribution in [0, 0.1) is 0 Å². The monoisotopic (exact) mass is 303 g/mol. The van der Waals surface area contributed by atoms with Crippen molar-refractivity contribution < 1.29 is 23.1 Å². The molecule has 1 heterocycles. The molecule has 0 aliphatic rings. The number of carbonyl (C=O) groups is 1. The molecule has 20 heavy (non-hydrogen) atoms. The molecule has 106 valence electrons. The number of thiazole rings is 1. The summed E-state index contributed by atoms with van der Waals surface area (Å²) in [6.45, 7) is -0.677. The predicted octanol–water partition coefficient (Wildman–Crippen LogP) is 2.68. The smallest absolute Gasteiger partial charge is 0.417 e. The highest BCUT2D eigenvalue weighted by atomic mass is 32.1. The van der Waals surface area contributed by atoms with Gasteiger partial charge in [0.2, 0.25) is 0 Å². The van der Waals surface area contributed by atoms with Gasteiger partial charge >= 0.3 is 17.0 Å². The molecule has 2 rings (SSSR count). The van der Waals surface area contributed by atoms with Gasteiger partial charge < -0.3 is 5.11 Å². The minimum absolute atomic E-state index is 0.0460. The molecule has 4 nitrogen and oxygen atoms in total. The molecule has 0 aliphatic carbocycles. The van der Waals surface area contributed by atoms with Crippen molar-refractivity contribution in [2.75, 3.05) is 0 Å². The number of hydrogen-bond donors (Lipinski definition) is 1. The van der Waals surface area contributed by atoms with E-state index in [4.69, 9.17) is 5.11 Å². The molecule has 0 fully saturated rings. The van der Waals surface area contributed by atoms with Crippen LogP contribution in [0.15, 0.2) is 34.4 Å². The van der Waals surface area contributed by atoms with Crippen molar-refractivity contribution in [3.05, 3.63) is 44.9 Å². The highest BCUT2D eigenvalue weighted by Gasteiger charge is 2.34. The first-order valence-corrected chi connectivity index (χ1v) is 6.25. The van der Waals surface area contributed by atoms with Gasteiger partial charge in [-0.15, -0.1) is 0 Å². The predicted molar refractivity (Wildman–Crippen MR) is 66.7 cm³/mol. The molecule has 2 aromatic rings. The van der Waals surface area contributed by atoms with Crippen LogP contribution in [0.25, 0.3) is 11.3 Å². The molecule has 0 radical (unpaired) electrons. The maximum atomic E-state index is 12.9. The van der Waals surface area contributed by atoms with Gasteiger partial charge in [-0.2, -0.15) is 13.2 Å². The summed E-state index contributed by atoms with van der Waals surface area (Å²) in [4.78, 5) is 21.6. The van der Waals surface area contributed by atoms with Gasteiger partial charge in [-0.05, 0) is 6.07 Å². The zero-order chi connectivity index (χ0) is 14.9. The molecule has 0 bridgehead atoms. The van der Waals surface area contributed by atoms with Crippen LogP contribution in [0.2, 0.25) is 0 Å². The summed E-state index contributed by atoms with van der Waals surface area (Å²) in [6.07, 6.45) is -4.58. The molecule has 0 amide bonds. The lowest BCUT2D eigenvalue weighted by Gasteiger charge is -2.13. The van der Waals surface area contributed by atoms with Gasteiger partial charge in [-0.3, -0.25) is 14.2 Å². The van der Waals surface area contributed by atoms with E-state index in [-0.39, 0.29) is 11.3 Å². The third-order valence-corrected chi connectivity index (χ3v) is 3.35. The number of halogens is 3. The molecular weight excluding hydrogens is 295 g/mol. The van der Waals surface area contributed by atoms with E-state index in [1.807, 2.05) is 0 Å². The molecule has 0 atom stereocenters. The first-order chi connectivity index (χ1) is 9.30. The van der Waals surface area contributed by atoms with Crippen LogP contribution in [0.3, 0.4) is 0 Å². The highest BCUT2D eigenvalue weighted by molar-refractivity contribution is 7.07. The fourth-order valence-corrected chi connectivity index (χ4v) is 2.54. The fourth-order valence-electron chi connectivity index (χ4n) is 1.78. The van der Waals surface area contributed by atoms with Gasteiger partial charge in [-0.25, -0.2) is 0 Å². The Hall–Kier alpha value is -2.09. The molecular formula is C12H8F3NO3S. The Balaban J connectivity index is 2.64. The number of aliphatic carboxylic acids is 1. The Kier molecular flexibility index (Phi) is 3.67. The Morgan fingerprint density at radius 2 is 1.95 bits per heavy atom. The summed E-state index contributed by atoms with van der Waals surface area (Å²) >= 11 is 0.664. The molecule has 0 saturated carbocycles. The quantitative estimate of drug-likeness (QED) is 0.948. The number of carboxylic acid groups (broad SMARTS) is 1. The largest absolute Gasteiger partial charge is 0.480 e. The third-order valence-electron chi connectivity index (χ3n) is 2.58. The fraction of sp³-hybridized carbons (Fsp3) is 0.167. The second kappa shape index (κ2) is 5.12. The van der Waals surface area contributed by atoms with E-state index in [0.29, 0.717) is 11.3 Å². The number of aromatic nitrogens is 1. The molecule has 1 N–H and O–H groups in total. The SMILES string of the molecule is O=C(O)Cn1c(-c2ccccc2C(F)(F)F)csc1=O. The lowest BCUT2D eigenvalue weighted by Crippen LogP contribution is -2.20. The summed E-state index contributed by atoms with van der Waals surface area (Å²) in [5, 5.41) is 9.96. The van der Waals surface area contributed by atoms with Crippen molar-refractivity contribution in [2.45, 2.75) is 12.7 Å². The van der Waals surface area contributed by atoms with Crippen LogP contribution in [-0.2, 0) is 17.5 Å². The molecule has 0 saturated heterocycles. The second-order valence-corrected chi connectivity index (χ2v) is 4.73. The normalized spacial score (nSPS) is 11.6. The van der Waals surface area contributed by atoms with Gasteiger partial charge in [0.15, 0.2) is 0 Å². The summed E-state index contributed by atoms with van der Waals surface area (Å²) in [5.41, 5.74) is -1.16. The molecule has 0 aliphatic heterocycles. The van der Waals surface area contributed by atoms with Gasteiger partial charge in [-0.1, -0.05) is 29.5 Å². The minimum Gasteiger partial charge on any atom is -0.480 e. The topological polar surface area (TPSA) is 59.3 Å². The van der Waals surface area contributed by atoms with Gasteiger partial charge in [0.25, 0.3) is 0 Å². The van der Waals surface area contributed by atoms with Crippen molar-refractivity contribution >= 4 is 17.3 Å². The van der Waals surface area contributed by atoms with E-state index in [2.05, 4.69) is 0 Å². The number of alkyl halides is 3. The van der Waals surface area contributed by atoms with E-state index in [0.717, 1.165) is 10.6 Å². The van der Waals surface area contributed by atoms with Crippen LogP contribution in [0.1, 0.15) is 5.56 Å². The van der Waals surface area contributed by atoms with Crippen LogP contribution < -0.4 is 4.87 Å². The van der Waals surface area contributed by atoms with Crippen LogP contribution in [-0.4, -0.2) is 15.6 Å². The summed E-state index contributed by atoms with van der Waals surface area (Å²) in [7, 11) is 0. The summed E-state index contributed by atoms with van der Waals surface area (Å²) < 4.78 is 39.6. The summed E-state index contributed by atoms with van der Waals surface area (Å²) in [5.74, 6) is -1.30. The number of benzene rings is 1. The van der Waals surface area contributed by atoms with Gasteiger partial charge in [0.1, 0.15) is 6.54 Å². The first-order valence-electron chi connectivity index (χ1n) is 5.37. The zero-order valence-electron chi connectivity index (χ0n) is 9.85. The van der Waals surface area contributed by atoms with Crippen molar-refractivity contribution in [3.63, 3.8) is 0 Å². The van der Waals surface area contributed by atoms with Crippen LogP contribution >= 0.6 is 11.3 Å². The molecule has 0 spiro atoms. The van der Waals surface area contributed by atoms with Gasteiger partial charge in [0, 0.05) is 10.9 Å². The molecule has 0 unspecified atom stereocenters. The second-order valence-electron chi connectivity index (χ2n) is 3.91. The lowest BCUT2D eigenvalue weighted by molar-refractivity contribution is -0.138. The minimum atomic E-state index is -4.58. The van der Waals surface area contributed by atoms with E-state index >= 15 is 0 Å². The summed E-state index contributed by atoms with van der Waals surface area (Å²) in [6, 6.07) is 4.74. The first kappa shape index (κ1) is 14.3. The maximum absolute atomic E-state index is 12.9. The standard InChI is InChI=1S/C12H8F3NO3S/c13-12(14,15)8-4-2-1-3-7(8)9-6-20-11(19)16(9)5-10(17)18/h1-4,6H,5H2,(H,17,18). The van der Waals surface area contributed by atoms with Crippen molar-refractivity contribution in [1.29, 1.82) is 0 Å². The van der Waals surface area contributed by atoms with Crippen molar-refractivity contribution in [3.8, 4) is 11.3 Å². The third kappa shape index (κ3) is 2.74. The van der Waals surface area contributed by atoms with Crippen molar-refractivity contribution in [2.24, 2.45) is 0 Å². The van der Waals surface area contributed by atoms with Crippen LogP contribution in [0.4, 0.5) is 13.2 Å². The number of nitrogens with zero attached hydrogens (tertiary/aromatic N) is 1. The average molecular weight is 303 g/mol. The number of carboxylic acids is 1. The van der Waals surface area contributed by atoms with E-state index in [1.165, 1.54) is 23.6 Å². The number of hydrogen-bond acceptors (Lipinski definition) is 3. The highest BCUT2D eigenvalue weighted by Crippen LogP contribution is 2.36. The van der Waals surface area contributed by atoms with Crippen LogP contribution in [0.5, 0.6) is 0 Å².